The molecule has 4 rings (SSSR count). The summed E-state index contributed by atoms with van der Waals surface area (Å²) < 4.78 is 3.34. The van der Waals surface area contributed by atoms with Crippen LogP contribution in [0.4, 0.5) is 0 Å². The van der Waals surface area contributed by atoms with Crippen LogP contribution in [-0.4, -0.2) is 39.6 Å². The molecule has 20 heavy (non-hydrogen) atoms. The average molecular weight is 289 g/mol. The van der Waals surface area contributed by atoms with Crippen LogP contribution < -0.4 is 0 Å². The predicted molar refractivity (Wildman–Crippen MR) is 72.3 cm³/mol. The minimum atomic E-state index is 0.470. The number of hydrogen-bond acceptors (Lipinski definition) is 5. The molecular formula is C11H9ClN8. The van der Waals surface area contributed by atoms with Gasteiger partial charge in [-0.1, -0.05) is 11.6 Å². The Morgan fingerprint density at radius 1 is 1.35 bits per heavy atom. The molecule has 4 heterocycles. The number of aromatic nitrogens is 8. The molecule has 0 saturated heterocycles. The van der Waals surface area contributed by atoms with Crippen LogP contribution in [0.1, 0.15) is 6.92 Å². The van der Waals surface area contributed by atoms with Crippen LogP contribution in [0, 0.1) is 0 Å². The van der Waals surface area contributed by atoms with Crippen LogP contribution in [0.2, 0.25) is 5.02 Å². The van der Waals surface area contributed by atoms with Gasteiger partial charge in [0.1, 0.15) is 6.33 Å². The Hall–Kier alpha value is -2.48. The summed E-state index contributed by atoms with van der Waals surface area (Å²) in [5, 5.41) is 16.8. The quantitative estimate of drug-likeness (QED) is 0.604. The Kier molecular flexibility index (Phi) is 2.27. The molecule has 0 amide bonds. The highest BCUT2D eigenvalue weighted by Crippen LogP contribution is 2.25. The van der Waals surface area contributed by atoms with E-state index in [1.165, 1.54) is 0 Å². The minimum absolute atomic E-state index is 0.470. The van der Waals surface area contributed by atoms with Crippen molar-refractivity contribution in [3.63, 3.8) is 0 Å². The van der Waals surface area contributed by atoms with Crippen LogP contribution >= 0.6 is 11.6 Å². The summed E-state index contributed by atoms with van der Waals surface area (Å²) in [5.41, 5.74) is 1.90. The Morgan fingerprint density at radius 2 is 2.25 bits per heavy atom. The van der Waals surface area contributed by atoms with Gasteiger partial charge in [-0.15, -0.1) is 5.10 Å². The molecular weight excluding hydrogens is 280 g/mol. The van der Waals surface area contributed by atoms with Crippen LogP contribution in [0.5, 0.6) is 0 Å². The normalized spacial score (nSPS) is 11.7. The molecule has 0 aromatic carbocycles. The third-order valence-corrected chi connectivity index (χ3v) is 3.32. The average Bonchev–Trinajstić information content (AvgIpc) is 3.13. The first kappa shape index (κ1) is 11.4. The number of fused-ring (bicyclic) bond motifs is 3. The molecule has 1 N–H and O–H groups in total. The van der Waals surface area contributed by atoms with Crippen molar-refractivity contribution >= 4 is 28.3 Å². The van der Waals surface area contributed by atoms with E-state index in [-0.39, 0.29) is 0 Å². The molecule has 0 radical (unpaired) electrons. The lowest BCUT2D eigenvalue weighted by Crippen LogP contribution is -1.94. The fraction of sp³-hybridized carbons (Fsp3) is 0.182. The van der Waals surface area contributed by atoms with E-state index in [1.54, 1.807) is 27.9 Å². The largest absolute Gasteiger partial charge is 0.271 e. The number of rotatable bonds is 2. The Bertz CT molecular complexity index is 917. The fourth-order valence-corrected chi connectivity index (χ4v) is 2.29. The molecule has 0 aliphatic rings. The molecule has 4 aromatic rings. The second-order valence-electron chi connectivity index (χ2n) is 4.26. The Labute approximate surface area is 117 Å². The van der Waals surface area contributed by atoms with E-state index in [0.717, 1.165) is 11.9 Å². The van der Waals surface area contributed by atoms with Gasteiger partial charge < -0.3 is 0 Å². The van der Waals surface area contributed by atoms with E-state index in [1.807, 2.05) is 6.92 Å². The number of nitrogens with zero attached hydrogens (tertiary/aromatic N) is 7. The maximum atomic E-state index is 6.18. The maximum absolute atomic E-state index is 6.18. The lowest BCUT2D eigenvalue weighted by atomic mass is 10.4. The standard InChI is InChI=1S/C11H9ClN8/c1-2-19-4-7(12)8(17-19)10-15-11-6-3-14-16-9(6)13-5-20(11)18-10/h3-5H,2H2,1H3,(H,14,16). The van der Waals surface area contributed by atoms with E-state index in [9.17, 15) is 0 Å². The lowest BCUT2D eigenvalue weighted by molar-refractivity contribution is 0.661. The summed E-state index contributed by atoms with van der Waals surface area (Å²) >= 11 is 6.18. The SMILES string of the molecule is CCn1cc(Cl)c(-c2nc3c4cn[nH]c4ncn3n2)n1. The zero-order valence-electron chi connectivity index (χ0n) is 10.4. The predicted octanol–water partition coefficient (Wildman–Crippen LogP) is 1.54. The summed E-state index contributed by atoms with van der Waals surface area (Å²) in [7, 11) is 0. The van der Waals surface area contributed by atoms with Crippen molar-refractivity contribution in [1.82, 2.24) is 39.6 Å². The van der Waals surface area contributed by atoms with Gasteiger partial charge in [0.2, 0.25) is 5.82 Å². The summed E-state index contributed by atoms with van der Waals surface area (Å²) in [6.45, 7) is 2.73. The molecule has 0 bridgehead atoms. The van der Waals surface area contributed by atoms with E-state index in [2.05, 4.69) is 30.4 Å². The molecule has 0 saturated carbocycles. The Balaban J connectivity index is 1.97. The minimum Gasteiger partial charge on any atom is -0.271 e. The molecule has 0 aliphatic carbocycles. The topological polar surface area (TPSA) is 89.6 Å². The molecule has 0 spiro atoms. The number of halogens is 1. The second kappa shape index (κ2) is 4.01. The van der Waals surface area contributed by atoms with Crippen molar-refractivity contribution < 1.29 is 0 Å². The summed E-state index contributed by atoms with van der Waals surface area (Å²) in [6, 6.07) is 0. The van der Waals surface area contributed by atoms with Gasteiger partial charge in [-0.3, -0.25) is 9.78 Å². The molecule has 4 aromatic heterocycles. The smallest absolute Gasteiger partial charge is 0.204 e. The molecule has 0 fully saturated rings. The maximum Gasteiger partial charge on any atom is 0.204 e. The van der Waals surface area contributed by atoms with Crippen LogP contribution in [-0.2, 0) is 6.54 Å². The lowest BCUT2D eigenvalue weighted by Gasteiger charge is -1.90. The highest BCUT2D eigenvalue weighted by molar-refractivity contribution is 6.32. The monoisotopic (exact) mass is 288 g/mol. The van der Waals surface area contributed by atoms with Gasteiger partial charge in [0.25, 0.3) is 0 Å². The van der Waals surface area contributed by atoms with Crippen LogP contribution in [0.3, 0.4) is 0 Å². The Morgan fingerprint density at radius 3 is 3.05 bits per heavy atom. The van der Waals surface area contributed by atoms with Crippen molar-refractivity contribution in [3.05, 3.63) is 23.7 Å². The van der Waals surface area contributed by atoms with Gasteiger partial charge in [0.15, 0.2) is 17.0 Å². The molecule has 100 valence electrons. The first-order chi connectivity index (χ1) is 9.76. The number of H-pyrrole nitrogens is 1. The molecule has 8 nitrogen and oxygen atoms in total. The van der Waals surface area contributed by atoms with Crippen LogP contribution in [0.15, 0.2) is 18.7 Å². The second-order valence-corrected chi connectivity index (χ2v) is 4.67. The van der Waals surface area contributed by atoms with Gasteiger partial charge in [-0.25, -0.2) is 14.5 Å². The molecule has 0 unspecified atom stereocenters. The summed E-state index contributed by atoms with van der Waals surface area (Å²) in [4.78, 5) is 8.69. The third kappa shape index (κ3) is 1.51. The fourth-order valence-electron chi connectivity index (χ4n) is 2.05. The summed E-state index contributed by atoms with van der Waals surface area (Å²) in [5.74, 6) is 0.470. The molecule has 0 atom stereocenters. The van der Waals surface area contributed by atoms with Crippen molar-refractivity contribution in [2.75, 3.05) is 0 Å². The van der Waals surface area contributed by atoms with Gasteiger partial charge >= 0.3 is 0 Å². The zero-order chi connectivity index (χ0) is 13.7. The number of hydrogen-bond donors (Lipinski definition) is 1. The van der Waals surface area contributed by atoms with E-state index in [4.69, 9.17) is 11.6 Å². The van der Waals surface area contributed by atoms with Crippen LogP contribution in [0.25, 0.3) is 28.2 Å². The van der Waals surface area contributed by atoms with Gasteiger partial charge in [-0.05, 0) is 6.92 Å². The van der Waals surface area contributed by atoms with E-state index >= 15 is 0 Å². The zero-order valence-corrected chi connectivity index (χ0v) is 11.2. The first-order valence-electron chi connectivity index (χ1n) is 6.04. The van der Waals surface area contributed by atoms with Gasteiger partial charge in [0.05, 0.1) is 16.6 Å². The molecule has 9 heteroatoms. The van der Waals surface area contributed by atoms with Crippen molar-refractivity contribution in [1.29, 1.82) is 0 Å². The highest BCUT2D eigenvalue weighted by atomic mass is 35.5. The summed E-state index contributed by atoms with van der Waals surface area (Å²) in [6.07, 6.45) is 5.01. The number of aromatic amines is 1. The van der Waals surface area contributed by atoms with Gasteiger partial charge in [-0.2, -0.15) is 10.2 Å². The first-order valence-corrected chi connectivity index (χ1v) is 6.42. The van der Waals surface area contributed by atoms with Crippen molar-refractivity contribution in [2.45, 2.75) is 13.5 Å². The van der Waals surface area contributed by atoms with Crippen molar-refractivity contribution in [2.24, 2.45) is 0 Å². The third-order valence-electron chi connectivity index (χ3n) is 3.04. The van der Waals surface area contributed by atoms with Gasteiger partial charge in [0, 0.05) is 12.7 Å². The van der Waals surface area contributed by atoms with E-state index < -0.39 is 0 Å². The molecule has 0 aliphatic heterocycles. The highest BCUT2D eigenvalue weighted by Gasteiger charge is 2.16. The van der Waals surface area contributed by atoms with Crippen molar-refractivity contribution in [3.8, 4) is 11.5 Å². The number of aryl methyl sites for hydroxylation is 1. The number of nitrogens with one attached hydrogen (secondary N) is 1. The van der Waals surface area contributed by atoms with E-state index in [0.29, 0.717) is 27.8 Å².